The Balaban J connectivity index is 2.07. The minimum absolute atomic E-state index is 0.0225. The first-order valence-corrected chi connectivity index (χ1v) is 5.97. The number of benzene rings is 2. The van der Waals surface area contributed by atoms with Crippen molar-refractivity contribution in [1.82, 2.24) is 0 Å². The van der Waals surface area contributed by atoms with Gasteiger partial charge in [-0.3, -0.25) is 4.79 Å². The zero-order valence-corrected chi connectivity index (χ0v) is 10.2. The van der Waals surface area contributed by atoms with Crippen molar-refractivity contribution in [1.29, 1.82) is 0 Å². The lowest BCUT2D eigenvalue weighted by Crippen LogP contribution is -2.34. The van der Waals surface area contributed by atoms with Gasteiger partial charge in [0, 0.05) is 5.69 Å². The zero-order valence-electron chi connectivity index (χ0n) is 10.2. The number of hydrogen-bond donors (Lipinski definition) is 1. The molecule has 3 heteroatoms. The first-order chi connectivity index (χ1) is 8.74. The van der Waals surface area contributed by atoms with Crippen molar-refractivity contribution in [3.05, 3.63) is 54.1 Å². The third-order valence-corrected chi connectivity index (χ3v) is 3.12. The second kappa shape index (κ2) is 4.18. The van der Waals surface area contributed by atoms with Gasteiger partial charge in [0.2, 0.25) is 5.91 Å². The monoisotopic (exact) mass is 238 g/mol. The van der Waals surface area contributed by atoms with Gasteiger partial charge in [-0.05, 0) is 31.2 Å². The summed E-state index contributed by atoms with van der Waals surface area (Å²) in [5.74, 6) is 0.0225. The highest BCUT2D eigenvalue weighted by atomic mass is 16.2. The molecule has 0 aliphatic carbocycles. The van der Waals surface area contributed by atoms with E-state index in [1.54, 1.807) is 0 Å². The Kier molecular flexibility index (Phi) is 2.52. The maximum atomic E-state index is 11.7. The molecule has 0 aromatic heterocycles. The molecule has 2 aromatic carbocycles. The number of aryl methyl sites for hydroxylation is 1. The van der Waals surface area contributed by atoms with Crippen LogP contribution in [0.5, 0.6) is 0 Å². The molecule has 1 amide bonds. The maximum Gasteiger partial charge on any atom is 0.244 e. The Morgan fingerprint density at radius 3 is 2.56 bits per heavy atom. The van der Waals surface area contributed by atoms with Crippen molar-refractivity contribution in [3.8, 4) is 0 Å². The zero-order chi connectivity index (χ0) is 12.5. The number of para-hydroxylation sites is 2. The summed E-state index contributed by atoms with van der Waals surface area (Å²) >= 11 is 0. The van der Waals surface area contributed by atoms with E-state index in [2.05, 4.69) is 24.4 Å². The second-order valence-corrected chi connectivity index (χ2v) is 4.49. The van der Waals surface area contributed by atoms with Crippen LogP contribution in [0.25, 0.3) is 0 Å². The highest BCUT2D eigenvalue weighted by Crippen LogP contribution is 2.34. The Hall–Kier alpha value is -2.29. The molecular weight excluding hydrogens is 224 g/mol. The molecule has 0 saturated carbocycles. The molecule has 0 spiro atoms. The summed E-state index contributed by atoms with van der Waals surface area (Å²) in [5, 5.41) is 2.89. The van der Waals surface area contributed by atoms with Gasteiger partial charge in [0.15, 0.2) is 0 Å². The predicted octanol–water partition coefficient (Wildman–Crippen LogP) is 3.09. The van der Waals surface area contributed by atoms with Gasteiger partial charge in [0.05, 0.1) is 11.4 Å². The van der Waals surface area contributed by atoms with Crippen LogP contribution in [0, 0.1) is 6.92 Å². The van der Waals surface area contributed by atoms with Gasteiger partial charge in [0.25, 0.3) is 0 Å². The van der Waals surface area contributed by atoms with Crippen LogP contribution in [0.3, 0.4) is 0 Å². The lowest BCUT2D eigenvalue weighted by Gasteiger charge is -2.30. The van der Waals surface area contributed by atoms with Crippen molar-refractivity contribution in [2.75, 3.05) is 16.8 Å². The van der Waals surface area contributed by atoms with E-state index in [9.17, 15) is 4.79 Å². The third kappa shape index (κ3) is 1.84. The van der Waals surface area contributed by atoms with Crippen LogP contribution < -0.4 is 10.2 Å². The van der Waals surface area contributed by atoms with Gasteiger partial charge >= 0.3 is 0 Å². The Morgan fingerprint density at radius 2 is 1.78 bits per heavy atom. The van der Waals surface area contributed by atoms with E-state index in [0.29, 0.717) is 6.54 Å². The van der Waals surface area contributed by atoms with Crippen LogP contribution in [-0.2, 0) is 4.79 Å². The van der Waals surface area contributed by atoms with Crippen LogP contribution in [0.1, 0.15) is 5.56 Å². The Labute approximate surface area is 106 Å². The molecule has 2 aromatic rings. The van der Waals surface area contributed by atoms with Crippen molar-refractivity contribution >= 4 is 23.0 Å². The summed E-state index contributed by atoms with van der Waals surface area (Å²) < 4.78 is 0. The average Bonchev–Trinajstić information content (AvgIpc) is 2.38. The summed E-state index contributed by atoms with van der Waals surface area (Å²) in [6.07, 6.45) is 0. The highest BCUT2D eigenvalue weighted by molar-refractivity contribution is 6.03. The average molecular weight is 238 g/mol. The molecule has 1 aliphatic rings. The summed E-state index contributed by atoms with van der Waals surface area (Å²) in [7, 11) is 0. The molecule has 0 fully saturated rings. The molecule has 0 atom stereocenters. The smallest absolute Gasteiger partial charge is 0.244 e. The molecule has 18 heavy (non-hydrogen) atoms. The van der Waals surface area contributed by atoms with Crippen molar-refractivity contribution in [2.45, 2.75) is 6.92 Å². The fraction of sp³-hybridized carbons (Fsp3) is 0.133. The van der Waals surface area contributed by atoms with Gasteiger partial charge in [0.1, 0.15) is 6.54 Å². The lowest BCUT2D eigenvalue weighted by molar-refractivity contribution is -0.115. The fourth-order valence-electron chi connectivity index (χ4n) is 2.19. The minimum Gasteiger partial charge on any atom is -0.330 e. The van der Waals surface area contributed by atoms with Crippen LogP contribution >= 0.6 is 0 Å². The number of carbonyl (C=O) groups excluding carboxylic acids is 1. The summed E-state index contributed by atoms with van der Waals surface area (Å²) in [6, 6.07) is 16.1. The Morgan fingerprint density at radius 1 is 1.06 bits per heavy atom. The van der Waals surface area contributed by atoms with Gasteiger partial charge in [-0.1, -0.05) is 29.8 Å². The first kappa shape index (κ1) is 10.8. The number of fused-ring (bicyclic) bond motifs is 1. The SMILES string of the molecule is Cc1ccc(N2CC(=O)Nc3ccccc32)cc1. The van der Waals surface area contributed by atoms with E-state index >= 15 is 0 Å². The van der Waals surface area contributed by atoms with E-state index < -0.39 is 0 Å². The van der Waals surface area contributed by atoms with Gasteiger partial charge in [-0.25, -0.2) is 0 Å². The van der Waals surface area contributed by atoms with E-state index in [1.165, 1.54) is 5.56 Å². The fourth-order valence-corrected chi connectivity index (χ4v) is 2.19. The van der Waals surface area contributed by atoms with Gasteiger partial charge in [-0.15, -0.1) is 0 Å². The highest BCUT2D eigenvalue weighted by Gasteiger charge is 2.22. The van der Waals surface area contributed by atoms with E-state index in [1.807, 2.05) is 41.3 Å². The number of amides is 1. The number of nitrogens with zero attached hydrogens (tertiary/aromatic N) is 1. The van der Waals surface area contributed by atoms with Gasteiger partial charge < -0.3 is 10.2 Å². The van der Waals surface area contributed by atoms with Crippen LogP contribution in [-0.4, -0.2) is 12.5 Å². The van der Waals surface area contributed by atoms with Crippen molar-refractivity contribution in [3.63, 3.8) is 0 Å². The molecule has 1 heterocycles. The number of anilines is 3. The van der Waals surface area contributed by atoms with Crippen molar-refractivity contribution < 1.29 is 4.79 Å². The van der Waals surface area contributed by atoms with Crippen LogP contribution in [0.15, 0.2) is 48.5 Å². The first-order valence-electron chi connectivity index (χ1n) is 5.97. The molecule has 0 bridgehead atoms. The maximum absolute atomic E-state index is 11.7. The van der Waals surface area contributed by atoms with E-state index in [4.69, 9.17) is 0 Å². The van der Waals surface area contributed by atoms with Gasteiger partial charge in [-0.2, -0.15) is 0 Å². The molecule has 3 nitrogen and oxygen atoms in total. The molecule has 90 valence electrons. The van der Waals surface area contributed by atoms with Crippen LogP contribution in [0.2, 0.25) is 0 Å². The number of nitrogens with one attached hydrogen (secondary N) is 1. The number of hydrogen-bond acceptors (Lipinski definition) is 2. The van der Waals surface area contributed by atoms with E-state index in [0.717, 1.165) is 17.1 Å². The predicted molar refractivity (Wildman–Crippen MR) is 73.3 cm³/mol. The molecule has 3 rings (SSSR count). The second-order valence-electron chi connectivity index (χ2n) is 4.49. The molecule has 1 N–H and O–H groups in total. The molecule has 0 radical (unpaired) electrons. The standard InChI is InChI=1S/C15H14N2O/c1-11-6-8-12(9-7-11)17-10-15(18)16-13-4-2-3-5-14(13)17/h2-9H,10H2,1H3,(H,16,18). The van der Waals surface area contributed by atoms with Crippen molar-refractivity contribution in [2.24, 2.45) is 0 Å². The summed E-state index contributed by atoms with van der Waals surface area (Å²) in [4.78, 5) is 13.8. The topological polar surface area (TPSA) is 32.3 Å². The quantitative estimate of drug-likeness (QED) is 0.828. The molecule has 0 unspecified atom stereocenters. The summed E-state index contributed by atoms with van der Waals surface area (Å²) in [5.41, 5.74) is 4.17. The molecule has 1 aliphatic heterocycles. The number of rotatable bonds is 1. The Bertz CT molecular complexity index is 590. The van der Waals surface area contributed by atoms with E-state index in [-0.39, 0.29) is 5.91 Å². The minimum atomic E-state index is 0.0225. The molecular formula is C15H14N2O. The normalized spacial score (nSPS) is 14.1. The lowest BCUT2D eigenvalue weighted by atomic mass is 10.1. The number of carbonyl (C=O) groups is 1. The third-order valence-electron chi connectivity index (χ3n) is 3.12. The molecule has 0 saturated heterocycles. The van der Waals surface area contributed by atoms with Crippen LogP contribution in [0.4, 0.5) is 17.1 Å². The summed E-state index contributed by atoms with van der Waals surface area (Å²) in [6.45, 7) is 2.42. The largest absolute Gasteiger partial charge is 0.330 e.